The van der Waals surface area contributed by atoms with Crippen LogP contribution in [0.3, 0.4) is 0 Å². The van der Waals surface area contributed by atoms with Crippen LogP contribution in [0.2, 0.25) is 0 Å². The number of hydrogen-bond acceptors (Lipinski definition) is 4. The highest BCUT2D eigenvalue weighted by molar-refractivity contribution is 6.03. The van der Waals surface area contributed by atoms with Crippen molar-refractivity contribution < 1.29 is 19.8 Å². The lowest BCUT2D eigenvalue weighted by Gasteiger charge is -2.18. The third-order valence-electron chi connectivity index (χ3n) is 2.75. The average molecular weight is 246 g/mol. The molecular formula is C12H10N2O4. The minimum absolute atomic E-state index is 0.0148. The Bertz CT molecular complexity index is 562. The van der Waals surface area contributed by atoms with Gasteiger partial charge in [-0.05, 0) is 18.2 Å². The number of aliphatic hydroxyl groups is 1. The van der Waals surface area contributed by atoms with Crippen LogP contribution in [0.5, 0.6) is 0 Å². The Morgan fingerprint density at radius 2 is 2.22 bits per heavy atom. The summed E-state index contributed by atoms with van der Waals surface area (Å²) in [5.41, 5.74) is 0.308. The van der Waals surface area contributed by atoms with Gasteiger partial charge in [-0.2, -0.15) is 5.26 Å². The maximum Gasteiger partial charge on any atom is 0.337 e. The SMILES string of the molecule is N#Cc1ccc(N2CC(O)CC2=O)c(C(=O)O)c1. The van der Waals surface area contributed by atoms with Gasteiger partial charge in [-0.1, -0.05) is 0 Å². The first-order chi connectivity index (χ1) is 8.52. The van der Waals surface area contributed by atoms with E-state index in [0.29, 0.717) is 0 Å². The maximum absolute atomic E-state index is 11.6. The molecule has 0 radical (unpaired) electrons. The van der Waals surface area contributed by atoms with E-state index in [0.717, 1.165) is 0 Å². The zero-order valence-corrected chi connectivity index (χ0v) is 9.33. The molecule has 1 amide bonds. The molecule has 92 valence electrons. The van der Waals surface area contributed by atoms with Crippen LogP contribution in [0.15, 0.2) is 18.2 Å². The number of hydrogen-bond donors (Lipinski definition) is 2. The summed E-state index contributed by atoms with van der Waals surface area (Å²) in [6.45, 7) is 0.0744. The number of carbonyl (C=O) groups excluding carboxylic acids is 1. The fourth-order valence-electron chi connectivity index (χ4n) is 1.93. The molecule has 1 saturated heterocycles. The topological polar surface area (TPSA) is 102 Å². The summed E-state index contributed by atoms with van der Waals surface area (Å²) in [5, 5.41) is 27.2. The Morgan fingerprint density at radius 3 is 2.72 bits per heavy atom. The molecule has 1 aliphatic rings. The number of nitriles is 1. The van der Waals surface area contributed by atoms with Crippen molar-refractivity contribution in [3.8, 4) is 6.07 Å². The zero-order valence-electron chi connectivity index (χ0n) is 9.33. The van der Waals surface area contributed by atoms with Crippen LogP contribution in [-0.4, -0.2) is 34.7 Å². The Morgan fingerprint density at radius 1 is 1.50 bits per heavy atom. The molecule has 1 aliphatic heterocycles. The molecule has 1 fully saturated rings. The number of carboxylic acids is 1. The van der Waals surface area contributed by atoms with E-state index in [1.165, 1.54) is 23.1 Å². The Hall–Kier alpha value is -2.39. The van der Waals surface area contributed by atoms with Crippen molar-refractivity contribution in [2.45, 2.75) is 12.5 Å². The lowest BCUT2D eigenvalue weighted by atomic mass is 10.1. The highest BCUT2D eigenvalue weighted by atomic mass is 16.4. The summed E-state index contributed by atoms with van der Waals surface area (Å²) < 4.78 is 0. The summed E-state index contributed by atoms with van der Waals surface area (Å²) in [5.74, 6) is -1.54. The lowest BCUT2D eigenvalue weighted by Crippen LogP contribution is -2.27. The Labute approximate surface area is 103 Å². The molecule has 0 aliphatic carbocycles. The Balaban J connectivity index is 2.48. The zero-order chi connectivity index (χ0) is 13.3. The van der Waals surface area contributed by atoms with Crippen molar-refractivity contribution in [1.29, 1.82) is 5.26 Å². The molecule has 0 aromatic heterocycles. The van der Waals surface area contributed by atoms with Gasteiger partial charge in [-0.3, -0.25) is 4.79 Å². The molecule has 6 heteroatoms. The van der Waals surface area contributed by atoms with Crippen molar-refractivity contribution in [1.82, 2.24) is 0 Å². The van der Waals surface area contributed by atoms with E-state index in [4.69, 9.17) is 10.4 Å². The molecule has 1 unspecified atom stereocenters. The molecule has 0 spiro atoms. The normalized spacial score (nSPS) is 18.8. The first-order valence-electron chi connectivity index (χ1n) is 5.29. The molecule has 0 saturated carbocycles. The molecule has 1 atom stereocenters. The minimum atomic E-state index is -1.21. The van der Waals surface area contributed by atoms with Gasteiger partial charge in [0, 0.05) is 0 Å². The summed E-state index contributed by atoms with van der Waals surface area (Å²) >= 11 is 0. The molecule has 1 heterocycles. The van der Waals surface area contributed by atoms with Crippen molar-refractivity contribution in [2.75, 3.05) is 11.4 Å². The van der Waals surface area contributed by atoms with E-state index < -0.39 is 12.1 Å². The van der Waals surface area contributed by atoms with Crippen LogP contribution in [0.1, 0.15) is 22.3 Å². The number of benzene rings is 1. The second kappa shape index (κ2) is 4.47. The number of anilines is 1. The predicted molar refractivity (Wildman–Crippen MR) is 61.1 cm³/mol. The number of carbonyl (C=O) groups is 2. The highest BCUT2D eigenvalue weighted by Crippen LogP contribution is 2.26. The summed E-state index contributed by atoms with van der Waals surface area (Å²) in [6.07, 6.45) is -0.797. The van der Waals surface area contributed by atoms with Gasteiger partial charge in [0.05, 0.1) is 42.0 Å². The van der Waals surface area contributed by atoms with Crippen molar-refractivity contribution in [3.05, 3.63) is 29.3 Å². The van der Waals surface area contributed by atoms with E-state index in [2.05, 4.69) is 0 Å². The molecule has 2 rings (SSSR count). The molecule has 1 aromatic carbocycles. The van der Waals surface area contributed by atoms with Gasteiger partial charge in [0.15, 0.2) is 0 Å². The summed E-state index contributed by atoms with van der Waals surface area (Å²) in [4.78, 5) is 24.0. The van der Waals surface area contributed by atoms with E-state index in [1.54, 1.807) is 0 Å². The minimum Gasteiger partial charge on any atom is -0.478 e. The van der Waals surface area contributed by atoms with Crippen LogP contribution < -0.4 is 4.90 Å². The maximum atomic E-state index is 11.6. The monoisotopic (exact) mass is 246 g/mol. The van der Waals surface area contributed by atoms with Gasteiger partial charge < -0.3 is 15.1 Å². The average Bonchev–Trinajstić information content (AvgIpc) is 2.67. The van der Waals surface area contributed by atoms with Gasteiger partial charge in [-0.15, -0.1) is 0 Å². The van der Waals surface area contributed by atoms with Crippen LogP contribution >= 0.6 is 0 Å². The lowest BCUT2D eigenvalue weighted by molar-refractivity contribution is -0.117. The van der Waals surface area contributed by atoms with Crippen LogP contribution in [0.25, 0.3) is 0 Å². The highest BCUT2D eigenvalue weighted by Gasteiger charge is 2.31. The molecular weight excluding hydrogens is 236 g/mol. The molecule has 1 aromatic rings. The Kier molecular flexibility index (Phi) is 3.00. The van der Waals surface area contributed by atoms with E-state index in [-0.39, 0.29) is 35.7 Å². The number of nitrogens with zero attached hydrogens (tertiary/aromatic N) is 2. The molecule has 2 N–H and O–H groups in total. The summed E-state index contributed by atoms with van der Waals surface area (Å²) in [7, 11) is 0. The largest absolute Gasteiger partial charge is 0.478 e. The van der Waals surface area contributed by atoms with Crippen LogP contribution in [-0.2, 0) is 4.79 Å². The number of aliphatic hydroxyl groups excluding tert-OH is 1. The van der Waals surface area contributed by atoms with E-state index in [1.807, 2.05) is 6.07 Å². The number of aromatic carboxylic acids is 1. The van der Waals surface area contributed by atoms with Crippen molar-refractivity contribution >= 4 is 17.6 Å². The summed E-state index contributed by atoms with van der Waals surface area (Å²) in [6, 6.07) is 5.92. The van der Waals surface area contributed by atoms with Crippen LogP contribution in [0, 0.1) is 11.3 Å². The van der Waals surface area contributed by atoms with E-state index >= 15 is 0 Å². The number of rotatable bonds is 2. The van der Waals surface area contributed by atoms with Gasteiger partial charge in [-0.25, -0.2) is 4.79 Å². The number of amides is 1. The smallest absolute Gasteiger partial charge is 0.337 e. The fourth-order valence-corrected chi connectivity index (χ4v) is 1.93. The molecule has 0 bridgehead atoms. The standard InChI is InChI=1S/C12H10N2O4/c13-5-7-1-2-10(9(3-7)12(17)18)14-6-8(15)4-11(14)16/h1-3,8,15H,4,6H2,(H,17,18). The first kappa shape index (κ1) is 12.1. The second-order valence-corrected chi connectivity index (χ2v) is 4.01. The van der Waals surface area contributed by atoms with Crippen LogP contribution in [0.4, 0.5) is 5.69 Å². The van der Waals surface area contributed by atoms with Crippen molar-refractivity contribution in [3.63, 3.8) is 0 Å². The first-order valence-corrected chi connectivity index (χ1v) is 5.29. The second-order valence-electron chi connectivity index (χ2n) is 4.01. The number of β-amino-alcohol motifs (C(OH)–C–C–N with tert-alkyl or cyclic N) is 1. The number of carboxylic acid groups (broad SMARTS) is 1. The van der Waals surface area contributed by atoms with Crippen molar-refractivity contribution in [2.24, 2.45) is 0 Å². The fraction of sp³-hybridized carbons (Fsp3) is 0.250. The predicted octanol–water partition coefficient (Wildman–Crippen LogP) is 0.354. The third-order valence-corrected chi connectivity index (χ3v) is 2.75. The van der Waals surface area contributed by atoms with Gasteiger partial charge in [0.2, 0.25) is 5.91 Å². The van der Waals surface area contributed by atoms with E-state index in [9.17, 15) is 14.7 Å². The molecule has 18 heavy (non-hydrogen) atoms. The van der Waals surface area contributed by atoms with Gasteiger partial charge in [0.25, 0.3) is 0 Å². The molecule has 6 nitrogen and oxygen atoms in total. The third kappa shape index (κ3) is 2.04. The quantitative estimate of drug-likeness (QED) is 0.784. The van der Waals surface area contributed by atoms with Gasteiger partial charge in [0.1, 0.15) is 0 Å². The van der Waals surface area contributed by atoms with Gasteiger partial charge >= 0.3 is 5.97 Å².